The molecule has 132 valence electrons. The third kappa shape index (κ3) is 3.10. The fourth-order valence-electron chi connectivity index (χ4n) is 3.44. The molecule has 0 N–H and O–H groups in total. The van der Waals surface area contributed by atoms with E-state index in [1.54, 1.807) is 0 Å². The van der Waals surface area contributed by atoms with Gasteiger partial charge in [-0.2, -0.15) is 10.1 Å². The number of anilines is 3. The Kier molecular flexibility index (Phi) is 4.15. The van der Waals surface area contributed by atoms with Crippen LogP contribution in [0, 0.1) is 0 Å². The first-order chi connectivity index (χ1) is 12.1. The van der Waals surface area contributed by atoms with E-state index >= 15 is 0 Å². The van der Waals surface area contributed by atoms with Crippen molar-refractivity contribution in [3.05, 3.63) is 29.6 Å². The number of rotatable bonds is 4. The van der Waals surface area contributed by atoms with Gasteiger partial charge in [-0.15, -0.1) is 5.10 Å². The summed E-state index contributed by atoms with van der Waals surface area (Å²) < 4.78 is 0. The van der Waals surface area contributed by atoms with Gasteiger partial charge in [0.1, 0.15) is 5.82 Å². The van der Waals surface area contributed by atoms with Crippen molar-refractivity contribution < 1.29 is 0 Å². The van der Waals surface area contributed by atoms with Gasteiger partial charge in [-0.3, -0.25) is 0 Å². The molecule has 7 nitrogen and oxygen atoms in total. The summed E-state index contributed by atoms with van der Waals surface area (Å²) in [5.74, 6) is 2.70. The molecule has 3 heterocycles. The molecule has 1 saturated heterocycles. The third-order valence-electron chi connectivity index (χ3n) is 5.19. The highest BCUT2D eigenvalue weighted by atomic mass is 15.4. The molecule has 0 amide bonds. The molecule has 0 spiro atoms. The summed E-state index contributed by atoms with van der Waals surface area (Å²) >= 11 is 0. The lowest BCUT2D eigenvalue weighted by atomic mass is 9.96. The van der Waals surface area contributed by atoms with Gasteiger partial charge in [0, 0.05) is 40.4 Å². The summed E-state index contributed by atoms with van der Waals surface area (Å²) in [6, 6.07) is 4.56. The topological polar surface area (TPSA) is 61.3 Å². The van der Waals surface area contributed by atoms with Gasteiger partial charge in [-0.05, 0) is 43.4 Å². The zero-order valence-electron chi connectivity index (χ0n) is 15.2. The van der Waals surface area contributed by atoms with Gasteiger partial charge in [0.15, 0.2) is 5.82 Å². The first-order valence-electron chi connectivity index (χ1n) is 8.95. The highest BCUT2D eigenvalue weighted by Gasteiger charge is 2.33. The van der Waals surface area contributed by atoms with Crippen molar-refractivity contribution in [2.45, 2.75) is 31.7 Å². The zero-order valence-corrected chi connectivity index (χ0v) is 15.2. The summed E-state index contributed by atoms with van der Waals surface area (Å²) in [7, 11) is 6.05. The SMILES string of the molecule is CN(C)c1ccnc(N(C)C2CN(c3cc4c(nn3)CCCC4)C2)n1. The highest BCUT2D eigenvalue weighted by Crippen LogP contribution is 2.27. The van der Waals surface area contributed by atoms with Gasteiger partial charge in [0.25, 0.3) is 0 Å². The largest absolute Gasteiger partial charge is 0.363 e. The maximum Gasteiger partial charge on any atom is 0.227 e. The van der Waals surface area contributed by atoms with Crippen LogP contribution in [0.4, 0.5) is 17.6 Å². The number of likely N-dealkylation sites (N-methyl/N-ethyl adjacent to an activating group) is 1. The molecule has 4 rings (SSSR count). The van der Waals surface area contributed by atoms with Gasteiger partial charge in [0.2, 0.25) is 5.95 Å². The second-order valence-electron chi connectivity index (χ2n) is 7.16. The normalized spacial score (nSPS) is 17.0. The number of hydrogen-bond donors (Lipinski definition) is 0. The van der Waals surface area contributed by atoms with Crippen molar-refractivity contribution in [3.63, 3.8) is 0 Å². The molecule has 2 aliphatic rings. The Morgan fingerprint density at radius 1 is 1.08 bits per heavy atom. The van der Waals surface area contributed by atoms with Crippen molar-refractivity contribution in [3.8, 4) is 0 Å². The van der Waals surface area contributed by atoms with Gasteiger partial charge < -0.3 is 14.7 Å². The molecule has 0 saturated carbocycles. The van der Waals surface area contributed by atoms with Crippen molar-refractivity contribution in [2.24, 2.45) is 0 Å². The van der Waals surface area contributed by atoms with Crippen LogP contribution in [0.15, 0.2) is 18.3 Å². The molecule has 2 aromatic rings. The fraction of sp³-hybridized carbons (Fsp3) is 0.556. The number of hydrogen-bond acceptors (Lipinski definition) is 7. The quantitative estimate of drug-likeness (QED) is 0.837. The molecule has 0 unspecified atom stereocenters. The average molecular weight is 339 g/mol. The van der Waals surface area contributed by atoms with E-state index in [1.807, 2.05) is 31.3 Å². The van der Waals surface area contributed by atoms with Gasteiger partial charge in [-0.1, -0.05) is 0 Å². The molecular formula is C18H25N7. The van der Waals surface area contributed by atoms with E-state index in [9.17, 15) is 0 Å². The second kappa shape index (κ2) is 6.46. The van der Waals surface area contributed by atoms with Crippen LogP contribution in [0.25, 0.3) is 0 Å². The van der Waals surface area contributed by atoms with E-state index in [-0.39, 0.29) is 0 Å². The molecule has 7 heteroatoms. The summed E-state index contributed by atoms with van der Waals surface area (Å²) in [5.41, 5.74) is 2.58. The number of fused-ring (bicyclic) bond motifs is 1. The Morgan fingerprint density at radius 2 is 1.88 bits per heavy atom. The zero-order chi connectivity index (χ0) is 17.4. The van der Waals surface area contributed by atoms with Crippen molar-refractivity contribution in [1.82, 2.24) is 20.2 Å². The van der Waals surface area contributed by atoms with Crippen molar-refractivity contribution in [1.29, 1.82) is 0 Å². The number of aromatic nitrogens is 4. The lowest BCUT2D eigenvalue weighted by Crippen LogP contribution is -2.59. The highest BCUT2D eigenvalue weighted by molar-refractivity contribution is 5.49. The molecule has 1 aliphatic carbocycles. The minimum atomic E-state index is 0.398. The van der Waals surface area contributed by atoms with E-state index < -0.39 is 0 Å². The van der Waals surface area contributed by atoms with Crippen LogP contribution in [-0.2, 0) is 12.8 Å². The second-order valence-corrected chi connectivity index (χ2v) is 7.16. The van der Waals surface area contributed by atoms with E-state index in [2.05, 4.69) is 43.1 Å². The lowest BCUT2D eigenvalue weighted by Gasteiger charge is -2.44. The molecule has 2 aromatic heterocycles. The van der Waals surface area contributed by atoms with E-state index in [4.69, 9.17) is 0 Å². The smallest absolute Gasteiger partial charge is 0.227 e. The Hall–Kier alpha value is -2.44. The Morgan fingerprint density at radius 3 is 2.68 bits per heavy atom. The van der Waals surface area contributed by atoms with Crippen molar-refractivity contribution >= 4 is 17.6 Å². The molecular weight excluding hydrogens is 314 g/mol. The maximum atomic E-state index is 4.62. The van der Waals surface area contributed by atoms with Crippen LogP contribution in [-0.4, -0.2) is 60.4 Å². The number of aryl methyl sites for hydroxylation is 2. The molecule has 1 fully saturated rings. The maximum absolute atomic E-state index is 4.62. The van der Waals surface area contributed by atoms with Crippen molar-refractivity contribution in [2.75, 3.05) is 48.9 Å². The summed E-state index contributed by atoms with van der Waals surface area (Å²) in [6.07, 6.45) is 6.54. The molecule has 1 aliphatic heterocycles. The van der Waals surface area contributed by atoms with Crippen LogP contribution in [0.2, 0.25) is 0 Å². The van der Waals surface area contributed by atoms with Crippen LogP contribution >= 0.6 is 0 Å². The van der Waals surface area contributed by atoms with E-state index in [1.165, 1.54) is 24.1 Å². The summed E-state index contributed by atoms with van der Waals surface area (Å²) in [4.78, 5) is 15.5. The molecule has 0 atom stereocenters. The van der Waals surface area contributed by atoms with Gasteiger partial charge >= 0.3 is 0 Å². The Labute approximate surface area is 148 Å². The summed E-state index contributed by atoms with van der Waals surface area (Å²) in [6.45, 7) is 1.86. The van der Waals surface area contributed by atoms with Crippen LogP contribution < -0.4 is 14.7 Å². The predicted molar refractivity (Wildman–Crippen MR) is 99.4 cm³/mol. The Balaban J connectivity index is 1.42. The van der Waals surface area contributed by atoms with Gasteiger partial charge in [0.05, 0.1) is 11.7 Å². The van der Waals surface area contributed by atoms with Crippen LogP contribution in [0.3, 0.4) is 0 Å². The predicted octanol–water partition coefficient (Wildman–Crippen LogP) is 1.54. The van der Waals surface area contributed by atoms with E-state index in [0.717, 1.165) is 43.5 Å². The molecule has 25 heavy (non-hydrogen) atoms. The first kappa shape index (κ1) is 16.1. The summed E-state index contributed by atoms with van der Waals surface area (Å²) in [5, 5.41) is 8.88. The van der Waals surface area contributed by atoms with Gasteiger partial charge in [-0.25, -0.2) is 4.98 Å². The minimum absolute atomic E-state index is 0.398. The monoisotopic (exact) mass is 339 g/mol. The van der Waals surface area contributed by atoms with Crippen LogP contribution in [0.5, 0.6) is 0 Å². The van der Waals surface area contributed by atoms with Crippen LogP contribution in [0.1, 0.15) is 24.1 Å². The molecule has 0 radical (unpaired) electrons. The minimum Gasteiger partial charge on any atom is -0.363 e. The standard InChI is InChI=1S/C18H25N7/c1-23(2)16-8-9-19-18(20-16)24(3)14-11-25(12-14)17-10-13-6-4-5-7-15(13)21-22-17/h8-10,14H,4-7,11-12H2,1-3H3. The van der Waals surface area contributed by atoms with E-state index in [0.29, 0.717) is 6.04 Å². The first-order valence-corrected chi connectivity index (χ1v) is 8.95. The lowest BCUT2D eigenvalue weighted by molar-refractivity contribution is 0.483. The average Bonchev–Trinajstić information content (AvgIpc) is 2.60. The Bertz CT molecular complexity index is 755. The number of nitrogens with zero attached hydrogens (tertiary/aromatic N) is 7. The fourth-order valence-corrected chi connectivity index (χ4v) is 3.44. The molecule has 0 aromatic carbocycles. The molecule has 0 bridgehead atoms. The third-order valence-corrected chi connectivity index (χ3v) is 5.19.